The van der Waals surface area contributed by atoms with Gasteiger partial charge in [0.25, 0.3) is 0 Å². The number of ether oxygens (including phenoxy) is 2. The van der Waals surface area contributed by atoms with Gasteiger partial charge in [0.15, 0.2) is 5.82 Å². The van der Waals surface area contributed by atoms with E-state index in [-0.39, 0.29) is 0 Å². The van der Waals surface area contributed by atoms with Crippen molar-refractivity contribution >= 4 is 40.4 Å². The maximum atomic E-state index is 6.19. The second-order valence-corrected chi connectivity index (χ2v) is 10.7. The summed E-state index contributed by atoms with van der Waals surface area (Å²) in [7, 11) is 0. The van der Waals surface area contributed by atoms with Crippen molar-refractivity contribution in [2.45, 2.75) is 45.8 Å². The monoisotopic (exact) mass is 521 g/mol. The third kappa shape index (κ3) is 4.36. The van der Waals surface area contributed by atoms with Crippen LogP contribution in [0.2, 0.25) is 0 Å². The van der Waals surface area contributed by atoms with Gasteiger partial charge in [-0.05, 0) is 69.0 Å². The lowest BCUT2D eigenvalue weighted by Crippen LogP contribution is -2.26. The number of rotatable bonds is 6. The molecule has 3 fully saturated rings. The molecule has 0 amide bonds. The fraction of sp³-hybridized carbons (Fsp3) is 0.367. The van der Waals surface area contributed by atoms with Crippen LogP contribution in [0.15, 0.2) is 53.9 Å². The van der Waals surface area contributed by atoms with Crippen molar-refractivity contribution in [3.8, 4) is 11.5 Å². The first-order chi connectivity index (χ1) is 19.1. The van der Waals surface area contributed by atoms with E-state index in [1.165, 1.54) is 12.8 Å². The highest BCUT2D eigenvalue weighted by Gasteiger charge is 2.53. The Morgan fingerprint density at radius 2 is 1.82 bits per heavy atom. The molecule has 1 N–H and O–H groups in total. The number of hydrogen-bond acceptors (Lipinski definition) is 9. The Morgan fingerprint density at radius 3 is 2.59 bits per heavy atom. The average Bonchev–Trinajstić information content (AvgIpc) is 3.67. The molecule has 9 heteroatoms. The molecule has 3 aliphatic rings. The molecule has 2 aromatic carbocycles. The summed E-state index contributed by atoms with van der Waals surface area (Å²) in [6, 6.07) is 11.9. The van der Waals surface area contributed by atoms with Crippen LogP contribution in [0, 0.1) is 25.7 Å². The van der Waals surface area contributed by atoms with Gasteiger partial charge in [0.2, 0.25) is 5.95 Å². The summed E-state index contributed by atoms with van der Waals surface area (Å²) in [6.45, 7) is 7.87. The topological polar surface area (TPSA) is 97.6 Å². The number of fused-ring (bicyclic) bond motifs is 6. The zero-order valence-corrected chi connectivity index (χ0v) is 22.3. The highest BCUT2D eigenvalue weighted by atomic mass is 16.5. The van der Waals surface area contributed by atoms with Crippen LogP contribution in [-0.2, 0) is 4.74 Å². The summed E-state index contributed by atoms with van der Waals surface area (Å²) in [5, 5.41) is 3.44. The van der Waals surface area contributed by atoms with Gasteiger partial charge in [-0.15, -0.1) is 0 Å². The van der Waals surface area contributed by atoms with Gasteiger partial charge < -0.3 is 19.7 Å². The van der Waals surface area contributed by atoms with Gasteiger partial charge in [-0.3, -0.25) is 4.99 Å². The molecule has 198 valence electrons. The van der Waals surface area contributed by atoms with E-state index in [9.17, 15) is 0 Å². The summed E-state index contributed by atoms with van der Waals surface area (Å²) in [5.41, 5.74) is 5.32. The summed E-state index contributed by atoms with van der Waals surface area (Å²) in [4.78, 5) is 25.2. The maximum absolute atomic E-state index is 6.19. The van der Waals surface area contributed by atoms with Crippen LogP contribution in [0.1, 0.15) is 30.9 Å². The van der Waals surface area contributed by atoms with Crippen LogP contribution in [0.3, 0.4) is 0 Å². The van der Waals surface area contributed by atoms with Gasteiger partial charge >= 0.3 is 0 Å². The molecule has 3 aliphatic heterocycles. The summed E-state index contributed by atoms with van der Waals surface area (Å²) in [5.74, 6) is 4.09. The molecule has 4 unspecified atom stereocenters. The second-order valence-electron chi connectivity index (χ2n) is 10.7. The highest BCUT2D eigenvalue weighted by Crippen LogP contribution is 2.47. The number of aliphatic imine (C=N–C) groups is 1. The van der Waals surface area contributed by atoms with Gasteiger partial charge in [-0.1, -0.05) is 6.07 Å². The number of nitrogens with one attached hydrogen (secondary N) is 1. The predicted octanol–water partition coefficient (Wildman–Crippen LogP) is 5.91. The van der Waals surface area contributed by atoms with E-state index >= 15 is 0 Å². The summed E-state index contributed by atoms with van der Waals surface area (Å²) >= 11 is 0. The zero-order valence-electron chi connectivity index (χ0n) is 22.3. The molecule has 3 saturated heterocycles. The Balaban J connectivity index is 1.12. The molecule has 9 nitrogen and oxygen atoms in total. The van der Waals surface area contributed by atoms with Crippen LogP contribution < -0.4 is 15.0 Å². The van der Waals surface area contributed by atoms with Crippen LogP contribution in [0.25, 0.3) is 11.0 Å². The number of aromatic nitrogens is 4. The number of benzene rings is 2. The van der Waals surface area contributed by atoms with E-state index in [1.807, 2.05) is 57.2 Å². The second kappa shape index (κ2) is 9.57. The summed E-state index contributed by atoms with van der Waals surface area (Å²) < 4.78 is 12.3. The molecule has 39 heavy (non-hydrogen) atoms. The molecule has 7 rings (SSSR count). The third-order valence-corrected chi connectivity index (χ3v) is 8.21. The Bertz CT molecular complexity index is 1570. The quantitative estimate of drug-likeness (QED) is 0.313. The molecule has 0 radical (unpaired) electrons. The number of nitrogens with zero attached hydrogens (tertiary/aromatic N) is 6. The molecular formula is C30H31N7O2. The van der Waals surface area contributed by atoms with E-state index in [1.54, 1.807) is 18.7 Å². The molecular weight excluding hydrogens is 490 g/mol. The first-order valence-corrected chi connectivity index (χ1v) is 13.6. The number of anilines is 3. The van der Waals surface area contributed by atoms with Crippen LogP contribution in [0.4, 0.5) is 23.1 Å². The van der Waals surface area contributed by atoms with E-state index in [2.05, 4.69) is 30.2 Å². The minimum Gasteiger partial charge on any atom is -0.457 e. The number of hydrogen-bond donors (Lipinski definition) is 1. The van der Waals surface area contributed by atoms with Crippen molar-refractivity contribution in [3.63, 3.8) is 0 Å². The molecule has 2 bridgehead atoms. The van der Waals surface area contributed by atoms with Crippen molar-refractivity contribution < 1.29 is 9.47 Å². The zero-order chi connectivity index (χ0) is 26.5. The van der Waals surface area contributed by atoms with Crippen molar-refractivity contribution in [1.29, 1.82) is 0 Å². The third-order valence-electron chi connectivity index (χ3n) is 8.21. The van der Waals surface area contributed by atoms with Gasteiger partial charge in [0.05, 0.1) is 24.1 Å². The molecule has 0 aliphatic carbocycles. The van der Waals surface area contributed by atoms with Gasteiger partial charge in [0.1, 0.15) is 28.9 Å². The normalized spacial score (nSPS) is 23.6. The van der Waals surface area contributed by atoms with Crippen LogP contribution >= 0.6 is 0 Å². The van der Waals surface area contributed by atoms with Crippen LogP contribution in [0.5, 0.6) is 11.5 Å². The lowest BCUT2D eigenvalue weighted by atomic mass is 9.82. The Labute approximate surface area is 227 Å². The Hall–Kier alpha value is -4.11. The minimum atomic E-state index is 0.402. The Kier molecular flexibility index (Phi) is 5.88. The largest absolute Gasteiger partial charge is 0.457 e. The van der Waals surface area contributed by atoms with E-state index in [0.717, 1.165) is 53.0 Å². The van der Waals surface area contributed by atoms with Gasteiger partial charge in [-0.25, -0.2) is 19.9 Å². The molecule has 4 aromatic rings. The van der Waals surface area contributed by atoms with Crippen molar-refractivity contribution in [2.75, 3.05) is 23.3 Å². The smallest absolute Gasteiger partial charge is 0.226 e. The summed E-state index contributed by atoms with van der Waals surface area (Å²) in [6.07, 6.45) is 8.30. The van der Waals surface area contributed by atoms with Gasteiger partial charge in [0, 0.05) is 42.9 Å². The first-order valence-electron chi connectivity index (χ1n) is 13.6. The van der Waals surface area contributed by atoms with Crippen molar-refractivity contribution in [3.05, 3.63) is 60.0 Å². The van der Waals surface area contributed by atoms with E-state index in [4.69, 9.17) is 14.5 Å². The lowest BCUT2D eigenvalue weighted by molar-refractivity contribution is 0.0849. The minimum absolute atomic E-state index is 0.402. The van der Waals surface area contributed by atoms with Crippen molar-refractivity contribution in [2.24, 2.45) is 16.8 Å². The molecule has 5 heterocycles. The fourth-order valence-electron chi connectivity index (χ4n) is 6.25. The van der Waals surface area contributed by atoms with E-state index < -0.39 is 0 Å². The predicted molar refractivity (Wildman–Crippen MR) is 152 cm³/mol. The van der Waals surface area contributed by atoms with Crippen molar-refractivity contribution in [1.82, 2.24) is 19.9 Å². The highest BCUT2D eigenvalue weighted by molar-refractivity contribution is 5.87. The lowest BCUT2D eigenvalue weighted by Gasteiger charge is -2.19. The molecule has 2 aromatic heterocycles. The first kappa shape index (κ1) is 24.0. The number of aryl methyl sites for hydroxylation is 2. The molecule has 0 saturated carbocycles. The molecule has 0 spiro atoms. The van der Waals surface area contributed by atoms with Gasteiger partial charge in [-0.2, -0.15) is 0 Å². The SMILES string of the molecule is CC=Nc1cc(Oc2ccc(Nc3ncnc4cnc(N5CC6C7CCC(O7)C6C5)nc34)cc2C)ccc1C. The maximum Gasteiger partial charge on any atom is 0.226 e. The van der Waals surface area contributed by atoms with E-state index in [0.29, 0.717) is 40.9 Å². The molecule has 4 atom stereocenters. The Morgan fingerprint density at radius 1 is 1.00 bits per heavy atom. The standard InChI is InChI=1S/C30H31N7O2/c1-4-31-23-12-20(7-5-17(23)2)38-25-8-6-19(11-18(25)3)35-29-28-24(33-16-34-29)13-32-30(36-28)37-14-21-22(15-37)27-10-9-26(21)39-27/h4-8,11-13,16,21-22,26-27H,9-10,14-15H2,1-3H3,(H,33,34,35). The van der Waals surface area contributed by atoms with Crippen LogP contribution in [-0.4, -0.2) is 51.4 Å². The fourth-order valence-corrected chi connectivity index (χ4v) is 6.25. The average molecular weight is 522 g/mol.